The SMILES string of the molecule is COC(=O)S1(NC(=O)Cc2c(C)cc(C)cc2C)CCCC1. The lowest BCUT2D eigenvalue weighted by molar-refractivity contribution is -0.118. The van der Waals surface area contributed by atoms with E-state index in [2.05, 4.69) is 23.8 Å². The molecule has 0 radical (unpaired) electrons. The zero-order valence-corrected chi connectivity index (χ0v) is 14.6. The minimum atomic E-state index is -1.80. The molecule has 1 N–H and O–H groups in total. The molecule has 2 rings (SSSR count). The molecule has 1 heterocycles. The number of rotatable bonds is 2. The summed E-state index contributed by atoms with van der Waals surface area (Å²) in [6.07, 6.45) is 2.28. The number of carbonyl (C=O) groups excluding carboxylic acids is 2. The smallest absolute Gasteiger partial charge is 0.366 e. The Morgan fingerprint density at radius 3 is 2.18 bits per heavy atom. The Bertz CT molecular complexity index is 569. The van der Waals surface area contributed by atoms with Crippen LogP contribution in [0.5, 0.6) is 0 Å². The zero-order chi connectivity index (χ0) is 16.3. The Morgan fingerprint density at radius 1 is 1.14 bits per heavy atom. The number of ether oxygens (including phenoxy) is 1. The Balaban J connectivity index is 2.14. The predicted octanol–water partition coefficient (Wildman–Crippen LogP) is 3.55. The highest BCUT2D eigenvalue weighted by molar-refractivity contribution is 8.44. The Kier molecular flexibility index (Phi) is 5.16. The summed E-state index contributed by atoms with van der Waals surface area (Å²) in [7, 11) is -0.405. The topological polar surface area (TPSA) is 55.4 Å². The third kappa shape index (κ3) is 3.46. The van der Waals surface area contributed by atoms with E-state index in [1.807, 2.05) is 13.8 Å². The van der Waals surface area contributed by atoms with Gasteiger partial charge in [-0.05, 0) is 50.3 Å². The maximum absolute atomic E-state index is 12.5. The summed E-state index contributed by atoms with van der Waals surface area (Å²) in [5, 5.41) is -0.240. The van der Waals surface area contributed by atoms with Crippen LogP contribution < -0.4 is 4.72 Å². The van der Waals surface area contributed by atoms with Crippen molar-refractivity contribution in [1.29, 1.82) is 0 Å². The van der Waals surface area contributed by atoms with Crippen LogP contribution in [-0.2, 0) is 16.0 Å². The van der Waals surface area contributed by atoms with Crippen molar-refractivity contribution in [2.45, 2.75) is 40.0 Å². The maximum Gasteiger partial charge on any atom is 0.366 e. The lowest BCUT2D eigenvalue weighted by Gasteiger charge is -2.32. The first-order chi connectivity index (χ1) is 10.4. The summed E-state index contributed by atoms with van der Waals surface area (Å²) in [5.74, 6) is 1.42. The molecule has 0 bridgehead atoms. The molecule has 1 amide bonds. The van der Waals surface area contributed by atoms with Gasteiger partial charge in [0, 0.05) is 11.5 Å². The van der Waals surface area contributed by atoms with Gasteiger partial charge in [-0.25, -0.2) is 4.79 Å². The van der Waals surface area contributed by atoms with Crippen molar-refractivity contribution in [3.05, 3.63) is 34.4 Å². The monoisotopic (exact) mass is 323 g/mol. The van der Waals surface area contributed by atoms with Crippen LogP contribution in [0.4, 0.5) is 4.79 Å². The summed E-state index contributed by atoms with van der Waals surface area (Å²) < 4.78 is 7.97. The minimum absolute atomic E-state index is 0.0719. The van der Waals surface area contributed by atoms with Gasteiger partial charge in [-0.3, -0.25) is 4.79 Å². The van der Waals surface area contributed by atoms with Gasteiger partial charge < -0.3 is 9.46 Å². The van der Waals surface area contributed by atoms with E-state index in [0.717, 1.165) is 41.0 Å². The number of aryl methyl sites for hydroxylation is 3. The molecule has 1 aromatic carbocycles. The van der Waals surface area contributed by atoms with Crippen molar-refractivity contribution in [3.8, 4) is 0 Å². The van der Waals surface area contributed by atoms with E-state index in [0.29, 0.717) is 6.42 Å². The highest BCUT2D eigenvalue weighted by Gasteiger charge is 2.38. The average molecular weight is 323 g/mol. The summed E-state index contributed by atoms with van der Waals surface area (Å²) in [5.41, 5.74) is 4.51. The number of benzene rings is 1. The van der Waals surface area contributed by atoms with E-state index in [1.54, 1.807) is 0 Å². The van der Waals surface area contributed by atoms with Crippen LogP contribution in [0, 0.1) is 20.8 Å². The van der Waals surface area contributed by atoms with Crippen molar-refractivity contribution < 1.29 is 14.3 Å². The molecule has 0 aliphatic carbocycles. The van der Waals surface area contributed by atoms with Crippen LogP contribution in [0.2, 0.25) is 0 Å². The van der Waals surface area contributed by atoms with Crippen LogP contribution in [0.1, 0.15) is 35.1 Å². The summed E-state index contributed by atoms with van der Waals surface area (Å²) in [6.45, 7) is 6.11. The third-order valence-corrected chi connectivity index (χ3v) is 7.60. The molecule has 22 heavy (non-hydrogen) atoms. The second-order valence-electron chi connectivity index (χ2n) is 6.03. The summed E-state index contributed by atoms with van der Waals surface area (Å²) in [6, 6.07) is 4.18. The fraction of sp³-hybridized carbons (Fsp3) is 0.529. The van der Waals surface area contributed by atoms with E-state index < -0.39 is 10.2 Å². The fourth-order valence-electron chi connectivity index (χ4n) is 3.17. The Hall–Kier alpha value is -1.49. The number of amides is 1. The van der Waals surface area contributed by atoms with Crippen LogP contribution in [0.15, 0.2) is 12.1 Å². The van der Waals surface area contributed by atoms with Crippen molar-refractivity contribution in [2.24, 2.45) is 0 Å². The van der Waals surface area contributed by atoms with Gasteiger partial charge >= 0.3 is 5.30 Å². The van der Waals surface area contributed by atoms with Gasteiger partial charge in [0.1, 0.15) is 0 Å². The molecule has 1 fully saturated rings. The van der Waals surface area contributed by atoms with Gasteiger partial charge in [0.25, 0.3) is 0 Å². The predicted molar refractivity (Wildman–Crippen MR) is 91.5 cm³/mol. The number of hydrogen-bond acceptors (Lipinski definition) is 3. The van der Waals surface area contributed by atoms with Gasteiger partial charge in [-0.15, -0.1) is 0 Å². The largest absolute Gasteiger partial charge is 0.461 e. The molecular weight excluding hydrogens is 298 g/mol. The molecule has 1 saturated heterocycles. The fourth-order valence-corrected chi connectivity index (χ4v) is 6.22. The molecular formula is C17H25NO3S. The van der Waals surface area contributed by atoms with E-state index in [-0.39, 0.29) is 11.2 Å². The molecule has 122 valence electrons. The van der Waals surface area contributed by atoms with Crippen LogP contribution in [0.3, 0.4) is 0 Å². The average Bonchev–Trinajstić information content (AvgIpc) is 2.91. The molecule has 0 atom stereocenters. The van der Waals surface area contributed by atoms with Crippen molar-refractivity contribution in [1.82, 2.24) is 4.72 Å². The molecule has 0 saturated carbocycles. The van der Waals surface area contributed by atoms with Crippen LogP contribution in [-0.4, -0.2) is 29.8 Å². The van der Waals surface area contributed by atoms with Crippen molar-refractivity contribution >= 4 is 21.4 Å². The standard InChI is InChI=1S/C17H25NO3S/c1-12-9-13(2)15(14(3)10-12)11-16(19)18-22(17(20)21-4)7-5-6-8-22/h9-10H,5-8,11H2,1-4H3,(H,18,19). The molecule has 1 aliphatic heterocycles. The zero-order valence-electron chi connectivity index (χ0n) is 13.8. The molecule has 0 unspecified atom stereocenters. The molecule has 1 aliphatic rings. The van der Waals surface area contributed by atoms with Crippen molar-refractivity contribution in [3.63, 3.8) is 0 Å². The highest BCUT2D eigenvalue weighted by Crippen LogP contribution is 2.51. The van der Waals surface area contributed by atoms with Gasteiger partial charge in [-0.1, -0.05) is 27.9 Å². The first-order valence-electron chi connectivity index (χ1n) is 7.62. The first kappa shape index (κ1) is 16.9. The van der Waals surface area contributed by atoms with E-state index in [9.17, 15) is 9.59 Å². The van der Waals surface area contributed by atoms with Gasteiger partial charge in [0.2, 0.25) is 5.91 Å². The minimum Gasteiger partial charge on any atom is -0.461 e. The number of nitrogens with one attached hydrogen (secondary N) is 1. The van der Waals surface area contributed by atoms with E-state index in [1.165, 1.54) is 12.7 Å². The van der Waals surface area contributed by atoms with Gasteiger partial charge in [-0.2, -0.15) is 0 Å². The van der Waals surface area contributed by atoms with Gasteiger partial charge in [0.05, 0.1) is 13.5 Å². The molecule has 0 aromatic heterocycles. The quantitative estimate of drug-likeness (QED) is 0.847. The second kappa shape index (κ2) is 6.73. The normalized spacial score (nSPS) is 17.8. The third-order valence-electron chi connectivity index (χ3n) is 4.21. The summed E-state index contributed by atoms with van der Waals surface area (Å²) >= 11 is 0. The summed E-state index contributed by atoms with van der Waals surface area (Å²) in [4.78, 5) is 24.6. The van der Waals surface area contributed by atoms with Crippen molar-refractivity contribution in [2.75, 3.05) is 18.6 Å². The van der Waals surface area contributed by atoms with E-state index >= 15 is 0 Å². The van der Waals surface area contributed by atoms with E-state index in [4.69, 9.17) is 4.74 Å². The molecule has 4 nitrogen and oxygen atoms in total. The maximum atomic E-state index is 12.5. The molecule has 1 aromatic rings. The number of methoxy groups -OCH3 is 1. The first-order valence-corrected chi connectivity index (χ1v) is 9.59. The van der Waals surface area contributed by atoms with Crippen LogP contribution in [0.25, 0.3) is 0 Å². The lowest BCUT2D eigenvalue weighted by atomic mass is 9.97. The lowest BCUT2D eigenvalue weighted by Crippen LogP contribution is -2.35. The Labute approximate surface area is 134 Å². The van der Waals surface area contributed by atoms with Crippen LogP contribution >= 0.6 is 10.2 Å². The molecule has 0 spiro atoms. The molecule has 5 heteroatoms. The highest BCUT2D eigenvalue weighted by atomic mass is 32.3. The second-order valence-corrected chi connectivity index (χ2v) is 9.15. The number of carbonyl (C=O) groups is 2. The van der Waals surface area contributed by atoms with Gasteiger partial charge in [0.15, 0.2) is 0 Å². The number of hydrogen-bond donors (Lipinski definition) is 1. The Morgan fingerprint density at radius 2 is 1.68 bits per heavy atom.